The van der Waals surface area contributed by atoms with Gasteiger partial charge in [-0.05, 0) is 18.2 Å². The smallest absolute Gasteiger partial charge is 0.258 e. The molecule has 1 aromatic heterocycles. The maximum atomic E-state index is 14.3. The number of aromatic nitrogens is 2. The van der Waals surface area contributed by atoms with Gasteiger partial charge in [0, 0.05) is 25.0 Å². The molecule has 0 aliphatic carbocycles. The van der Waals surface area contributed by atoms with Gasteiger partial charge in [0.05, 0.1) is 5.02 Å². The SMILES string of the molecule is Cn1ccnc1C(NC(=O)COc1ccccc1Cl)c1ccccc1F. The Labute approximate surface area is 155 Å². The lowest BCUT2D eigenvalue weighted by molar-refractivity contribution is -0.123. The first-order valence-electron chi connectivity index (χ1n) is 7.94. The molecule has 0 radical (unpaired) electrons. The molecule has 0 saturated heterocycles. The molecule has 1 amide bonds. The molecule has 0 aliphatic heterocycles. The lowest BCUT2D eigenvalue weighted by Gasteiger charge is -2.20. The Hall–Kier alpha value is -2.86. The molecular weight excluding hydrogens is 357 g/mol. The van der Waals surface area contributed by atoms with Crippen molar-refractivity contribution >= 4 is 17.5 Å². The van der Waals surface area contributed by atoms with Crippen LogP contribution in [0.25, 0.3) is 0 Å². The van der Waals surface area contributed by atoms with E-state index in [9.17, 15) is 9.18 Å². The van der Waals surface area contributed by atoms with E-state index in [4.69, 9.17) is 16.3 Å². The van der Waals surface area contributed by atoms with Crippen molar-refractivity contribution in [2.75, 3.05) is 6.61 Å². The molecule has 0 fully saturated rings. The fourth-order valence-corrected chi connectivity index (χ4v) is 2.74. The highest BCUT2D eigenvalue weighted by atomic mass is 35.5. The lowest BCUT2D eigenvalue weighted by atomic mass is 10.1. The van der Waals surface area contributed by atoms with Crippen molar-refractivity contribution in [2.24, 2.45) is 7.05 Å². The van der Waals surface area contributed by atoms with Gasteiger partial charge in [0.2, 0.25) is 0 Å². The number of amides is 1. The second kappa shape index (κ2) is 8.01. The molecule has 5 nitrogen and oxygen atoms in total. The third-order valence-electron chi connectivity index (χ3n) is 3.83. The van der Waals surface area contributed by atoms with Crippen LogP contribution in [-0.4, -0.2) is 22.1 Å². The number of nitrogens with zero attached hydrogens (tertiary/aromatic N) is 2. The van der Waals surface area contributed by atoms with Crippen LogP contribution in [0.4, 0.5) is 4.39 Å². The Morgan fingerprint density at radius 2 is 2.00 bits per heavy atom. The van der Waals surface area contributed by atoms with Crippen LogP contribution in [0.15, 0.2) is 60.9 Å². The fraction of sp³-hybridized carbons (Fsp3) is 0.158. The van der Waals surface area contributed by atoms with Gasteiger partial charge >= 0.3 is 0 Å². The highest BCUT2D eigenvalue weighted by Gasteiger charge is 2.23. The van der Waals surface area contributed by atoms with Gasteiger partial charge in [-0.2, -0.15) is 0 Å². The van der Waals surface area contributed by atoms with Gasteiger partial charge in [0.15, 0.2) is 6.61 Å². The van der Waals surface area contributed by atoms with E-state index in [1.165, 1.54) is 6.07 Å². The second-order valence-electron chi connectivity index (χ2n) is 5.64. The Morgan fingerprint density at radius 1 is 1.27 bits per heavy atom. The van der Waals surface area contributed by atoms with Crippen LogP contribution in [-0.2, 0) is 11.8 Å². The van der Waals surface area contributed by atoms with Crippen LogP contribution in [0, 0.1) is 5.82 Å². The quantitative estimate of drug-likeness (QED) is 0.719. The number of hydrogen-bond acceptors (Lipinski definition) is 3. The minimum Gasteiger partial charge on any atom is -0.482 e. The molecule has 1 N–H and O–H groups in total. The van der Waals surface area contributed by atoms with Crippen LogP contribution >= 0.6 is 11.6 Å². The average molecular weight is 374 g/mol. The molecule has 1 heterocycles. The summed E-state index contributed by atoms with van der Waals surface area (Å²) in [6.07, 6.45) is 3.32. The van der Waals surface area contributed by atoms with E-state index in [2.05, 4.69) is 10.3 Å². The topological polar surface area (TPSA) is 56.2 Å². The number of hydrogen-bond donors (Lipinski definition) is 1. The molecular formula is C19H17ClFN3O2. The molecule has 134 valence electrons. The van der Waals surface area contributed by atoms with Crippen molar-refractivity contribution in [2.45, 2.75) is 6.04 Å². The predicted octanol–water partition coefficient (Wildman–Crippen LogP) is 3.50. The molecule has 1 atom stereocenters. The van der Waals surface area contributed by atoms with Crippen LogP contribution in [0.3, 0.4) is 0 Å². The number of para-hydroxylation sites is 1. The summed E-state index contributed by atoms with van der Waals surface area (Å²) in [5.74, 6) is 0.0824. The third kappa shape index (κ3) is 4.03. The van der Waals surface area contributed by atoms with Gasteiger partial charge in [-0.25, -0.2) is 9.37 Å². The Kier molecular flexibility index (Phi) is 5.53. The summed E-state index contributed by atoms with van der Waals surface area (Å²) < 4.78 is 21.5. The molecule has 1 unspecified atom stereocenters. The van der Waals surface area contributed by atoms with Crippen LogP contribution in [0.5, 0.6) is 5.75 Å². The Bertz CT molecular complexity index is 913. The number of halogens is 2. The normalized spacial score (nSPS) is 11.8. The molecule has 26 heavy (non-hydrogen) atoms. The zero-order chi connectivity index (χ0) is 18.5. The standard InChI is InChI=1S/C19H17ClFN3O2/c1-24-11-10-22-19(24)18(13-6-2-4-8-15(13)21)23-17(25)12-26-16-9-5-3-7-14(16)20/h2-11,18H,12H2,1H3,(H,23,25). The maximum Gasteiger partial charge on any atom is 0.258 e. The summed E-state index contributed by atoms with van der Waals surface area (Å²) >= 11 is 6.01. The highest BCUT2D eigenvalue weighted by molar-refractivity contribution is 6.32. The Balaban J connectivity index is 1.78. The predicted molar refractivity (Wildman–Crippen MR) is 96.5 cm³/mol. The summed E-state index contributed by atoms with van der Waals surface area (Å²) in [5, 5.41) is 3.19. The number of imidazole rings is 1. The van der Waals surface area contributed by atoms with Crippen molar-refractivity contribution < 1.29 is 13.9 Å². The largest absolute Gasteiger partial charge is 0.482 e. The van der Waals surface area contributed by atoms with E-state index in [0.717, 1.165) is 0 Å². The first-order chi connectivity index (χ1) is 12.6. The third-order valence-corrected chi connectivity index (χ3v) is 4.15. The summed E-state index contributed by atoms with van der Waals surface area (Å²) in [7, 11) is 1.78. The minimum absolute atomic E-state index is 0.251. The van der Waals surface area contributed by atoms with Crippen molar-refractivity contribution in [3.05, 3.63) is 83.2 Å². The summed E-state index contributed by atoms with van der Waals surface area (Å²) in [6.45, 7) is -0.251. The van der Waals surface area contributed by atoms with E-state index in [1.54, 1.807) is 66.5 Å². The van der Waals surface area contributed by atoms with Crippen LogP contribution in [0.2, 0.25) is 5.02 Å². The first kappa shape index (κ1) is 17.9. The highest BCUT2D eigenvalue weighted by Crippen LogP contribution is 2.24. The van der Waals surface area contributed by atoms with Crippen molar-refractivity contribution in [3.8, 4) is 5.75 Å². The number of nitrogens with one attached hydrogen (secondary N) is 1. The Morgan fingerprint density at radius 3 is 2.69 bits per heavy atom. The number of benzene rings is 2. The summed E-state index contributed by atoms with van der Waals surface area (Å²) in [5.41, 5.74) is 0.327. The van der Waals surface area contributed by atoms with Crippen LogP contribution in [0.1, 0.15) is 17.4 Å². The average Bonchev–Trinajstić information content (AvgIpc) is 3.05. The monoisotopic (exact) mass is 373 g/mol. The van der Waals surface area contributed by atoms with E-state index >= 15 is 0 Å². The molecule has 2 aromatic carbocycles. The molecule has 3 rings (SSSR count). The number of carbonyl (C=O) groups is 1. The number of ether oxygens (including phenoxy) is 1. The number of rotatable bonds is 6. The summed E-state index contributed by atoms with van der Waals surface area (Å²) in [4.78, 5) is 16.6. The van der Waals surface area contributed by atoms with Gasteiger partial charge in [-0.1, -0.05) is 41.9 Å². The fourth-order valence-electron chi connectivity index (χ4n) is 2.55. The van der Waals surface area contributed by atoms with Gasteiger partial charge in [0.1, 0.15) is 23.4 Å². The van der Waals surface area contributed by atoms with Crippen molar-refractivity contribution in [1.29, 1.82) is 0 Å². The zero-order valence-electron chi connectivity index (χ0n) is 14.0. The van der Waals surface area contributed by atoms with Gasteiger partial charge in [0.25, 0.3) is 5.91 Å². The number of aryl methyl sites for hydroxylation is 1. The van der Waals surface area contributed by atoms with Crippen molar-refractivity contribution in [3.63, 3.8) is 0 Å². The molecule has 7 heteroatoms. The zero-order valence-corrected chi connectivity index (χ0v) is 14.8. The second-order valence-corrected chi connectivity index (χ2v) is 6.04. The molecule has 0 aliphatic rings. The lowest BCUT2D eigenvalue weighted by Crippen LogP contribution is -2.35. The summed E-state index contributed by atoms with van der Waals surface area (Å²) in [6, 6.07) is 12.4. The maximum absolute atomic E-state index is 14.3. The van der Waals surface area contributed by atoms with E-state index in [-0.39, 0.29) is 6.61 Å². The van der Waals surface area contributed by atoms with Crippen LogP contribution < -0.4 is 10.1 Å². The van der Waals surface area contributed by atoms with Crippen molar-refractivity contribution in [1.82, 2.24) is 14.9 Å². The van der Waals surface area contributed by atoms with E-state index in [1.807, 2.05) is 0 Å². The van der Waals surface area contributed by atoms with E-state index in [0.29, 0.717) is 22.2 Å². The van der Waals surface area contributed by atoms with Gasteiger partial charge in [-0.15, -0.1) is 0 Å². The molecule has 0 saturated carbocycles. The number of carbonyl (C=O) groups excluding carboxylic acids is 1. The first-order valence-corrected chi connectivity index (χ1v) is 8.32. The molecule has 3 aromatic rings. The van der Waals surface area contributed by atoms with Gasteiger partial charge in [-0.3, -0.25) is 4.79 Å². The van der Waals surface area contributed by atoms with Gasteiger partial charge < -0.3 is 14.6 Å². The molecule has 0 spiro atoms. The van der Waals surface area contributed by atoms with E-state index < -0.39 is 17.8 Å². The minimum atomic E-state index is -0.737. The molecule has 0 bridgehead atoms.